The molecule has 0 saturated heterocycles. The summed E-state index contributed by atoms with van der Waals surface area (Å²) >= 11 is 0. The number of benzene rings is 1. The van der Waals surface area contributed by atoms with Crippen molar-refractivity contribution in [3.8, 4) is 11.8 Å². The van der Waals surface area contributed by atoms with E-state index in [0.29, 0.717) is 5.41 Å². The van der Waals surface area contributed by atoms with Crippen LogP contribution < -0.4 is 0 Å². The maximum atomic E-state index is 3.42. The molecule has 1 unspecified atom stereocenters. The zero-order valence-electron chi connectivity index (χ0n) is 11.1. The van der Waals surface area contributed by atoms with Crippen molar-refractivity contribution in [1.29, 1.82) is 0 Å². The molecule has 0 heteroatoms. The van der Waals surface area contributed by atoms with Crippen LogP contribution in [-0.2, 0) is 5.41 Å². The summed E-state index contributed by atoms with van der Waals surface area (Å²) in [4.78, 5) is 0. The van der Waals surface area contributed by atoms with Crippen molar-refractivity contribution in [3.05, 3.63) is 35.9 Å². The third kappa shape index (κ3) is 2.07. The molecule has 0 amide bonds. The van der Waals surface area contributed by atoms with Crippen molar-refractivity contribution >= 4 is 0 Å². The zero-order valence-corrected chi connectivity index (χ0v) is 11.1. The van der Waals surface area contributed by atoms with Gasteiger partial charge in [-0.25, -0.2) is 0 Å². The molecule has 0 aliphatic heterocycles. The summed E-state index contributed by atoms with van der Waals surface area (Å²) in [5.41, 5.74) is 1.92. The Balaban J connectivity index is 1.96. The molecular weight excluding hydrogens is 216 g/mol. The lowest BCUT2D eigenvalue weighted by Gasteiger charge is -2.43. The van der Waals surface area contributed by atoms with E-state index in [0.717, 1.165) is 18.8 Å². The normalized spacial score (nSPS) is 28.4. The van der Waals surface area contributed by atoms with Crippen LogP contribution in [-0.4, -0.2) is 0 Å². The Morgan fingerprint density at radius 1 is 0.944 bits per heavy atom. The van der Waals surface area contributed by atoms with Crippen LogP contribution in [0.4, 0.5) is 0 Å². The Morgan fingerprint density at radius 2 is 1.72 bits per heavy atom. The predicted molar refractivity (Wildman–Crippen MR) is 76.3 cm³/mol. The first-order valence-electron chi connectivity index (χ1n) is 7.43. The standard InChI is InChI=1S/C18H22/c1-4-10-16(11-5-1)18(14-8-3-9-15-18)17-12-6-2-7-13-17/h1,4-5,10-11,17H,2,6-8,12-15H2. The van der Waals surface area contributed by atoms with Crippen molar-refractivity contribution in [2.24, 2.45) is 5.92 Å². The minimum absolute atomic E-state index is 0.368. The summed E-state index contributed by atoms with van der Waals surface area (Å²) < 4.78 is 0. The van der Waals surface area contributed by atoms with Gasteiger partial charge in [-0.1, -0.05) is 49.6 Å². The van der Waals surface area contributed by atoms with Gasteiger partial charge in [-0.3, -0.25) is 0 Å². The lowest BCUT2D eigenvalue weighted by Crippen LogP contribution is -2.37. The maximum Gasteiger partial charge on any atom is 0.0189 e. The molecule has 0 radical (unpaired) electrons. The van der Waals surface area contributed by atoms with Gasteiger partial charge in [-0.05, 0) is 30.7 Å². The lowest BCUT2D eigenvalue weighted by molar-refractivity contribution is 0.190. The fourth-order valence-electron chi connectivity index (χ4n) is 3.94. The first kappa shape index (κ1) is 11.8. The first-order valence-corrected chi connectivity index (χ1v) is 7.43. The largest absolute Gasteiger partial charge is 0.103 e. The van der Waals surface area contributed by atoms with Crippen molar-refractivity contribution in [1.82, 2.24) is 0 Å². The second-order valence-corrected chi connectivity index (χ2v) is 5.89. The highest BCUT2D eigenvalue weighted by atomic mass is 14.4. The molecule has 0 heterocycles. The highest BCUT2D eigenvalue weighted by molar-refractivity contribution is 5.31. The average Bonchev–Trinajstić information content (AvgIpc) is 2.50. The summed E-state index contributed by atoms with van der Waals surface area (Å²) in [7, 11) is 0. The van der Waals surface area contributed by atoms with Crippen LogP contribution in [0.15, 0.2) is 30.3 Å². The molecule has 94 valence electrons. The molecular formula is C18H22. The Kier molecular flexibility index (Phi) is 3.41. The van der Waals surface area contributed by atoms with Crippen molar-refractivity contribution < 1.29 is 0 Å². The second-order valence-electron chi connectivity index (χ2n) is 5.89. The zero-order chi connectivity index (χ0) is 12.3. The number of rotatable bonds is 2. The smallest absolute Gasteiger partial charge is 0.0189 e. The average molecular weight is 238 g/mol. The Hall–Kier alpha value is -1.22. The van der Waals surface area contributed by atoms with Crippen LogP contribution in [0.2, 0.25) is 0 Å². The summed E-state index contributed by atoms with van der Waals surface area (Å²) in [6, 6.07) is 11.2. The van der Waals surface area contributed by atoms with E-state index in [2.05, 4.69) is 42.2 Å². The number of hydrogen-bond donors (Lipinski definition) is 0. The van der Waals surface area contributed by atoms with Crippen LogP contribution in [0.25, 0.3) is 0 Å². The molecule has 0 aromatic heterocycles. The fraction of sp³-hybridized carbons (Fsp3) is 0.556. The van der Waals surface area contributed by atoms with Gasteiger partial charge < -0.3 is 0 Å². The van der Waals surface area contributed by atoms with Crippen molar-refractivity contribution in [3.63, 3.8) is 0 Å². The minimum atomic E-state index is 0.368. The molecule has 2 aliphatic rings. The molecule has 1 saturated carbocycles. The number of hydrogen-bond acceptors (Lipinski definition) is 0. The van der Waals surface area contributed by atoms with Gasteiger partial charge in [-0.2, -0.15) is 0 Å². The van der Waals surface area contributed by atoms with E-state index in [1.807, 2.05) is 0 Å². The van der Waals surface area contributed by atoms with Crippen molar-refractivity contribution in [2.45, 2.75) is 56.8 Å². The molecule has 0 nitrogen and oxygen atoms in total. The van der Waals surface area contributed by atoms with E-state index in [1.165, 1.54) is 38.5 Å². The van der Waals surface area contributed by atoms with E-state index in [-0.39, 0.29) is 0 Å². The van der Waals surface area contributed by atoms with E-state index < -0.39 is 0 Å². The topological polar surface area (TPSA) is 0 Å². The molecule has 18 heavy (non-hydrogen) atoms. The summed E-state index contributed by atoms with van der Waals surface area (Å²) in [6.45, 7) is 0. The lowest BCUT2D eigenvalue weighted by atomic mass is 9.60. The maximum absolute atomic E-state index is 3.42. The van der Waals surface area contributed by atoms with Crippen LogP contribution in [0.3, 0.4) is 0 Å². The molecule has 1 atom stereocenters. The molecule has 3 rings (SSSR count). The minimum Gasteiger partial charge on any atom is -0.103 e. The summed E-state index contributed by atoms with van der Waals surface area (Å²) in [6.07, 6.45) is 10.6. The SMILES string of the molecule is C1#CCC(c2ccccc2)(C2CCCCC2)CC1. The molecule has 1 aromatic rings. The van der Waals surface area contributed by atoms with Gasteiger partial charge in [-0.15, -0.1) is 11.8 Å². The van der Waals surface area contributed by atoms with E-state index in [4.69, 9.17) is 0 Å². The monoisotopic (exact) mass is 238 g/mol. The summed E-state index contributed by atoms with van der Waals surface area (Å²) in [5, 5.41) is 0. The van der Waals surface area contributed by atoms with Gasteiger partial charge >= 0.3 is 0 Å². The van der Waals surface area contributed by atoms with Gasteiger partial charge in [0.2, 0.25) is 0 Å². The molecule has 1 aromatic carbocycles. The Labute approximate surface area is 111 Å². The second kappa shape index (κ2) is 5.19. The van der Waals surface area contributed by atoms with Gasteiger partial charge in [0.15, 0.2) is 0 Å². The molecule has 1 fully saturated rings. The van der Waals surface area contributed by atoms with Gasteiger partial charge in [0.25, 0.3) is 0 Å². The molecule has 0 bridgehead atoms. The summed E-state index contributed by atoms with van der Waals surface area (Å²) in [5.74, 6) is 7.58. The van der Waals surface area contributed by atoms with E-state index >= 15 is 0 Å². The van der Waals surface area contributed by atoms with Crippen LogP contribution in [0.1, 0.15) is 56.9 Å². The van der Waals surface area contributed by atoms with E-state index in [9.17, 15) is 0 Å². The first-order chi connectivity index (χ1) is 8.92. The Morgan fingerprint density at radius 3 is 2.39 bits per heavy atom. The van der Waals surface area contributed by atoms with Gasteiger partial charge in [0.05, 0.1) is 0 Å². The highest BCUT2D eigenvalue weighted by Gasteiger charge is 2.40. The molecule has 0 N–H and O–H groups in total. The third-order valence-electron chi connectivity index (χ3n) is 4.96. The van der Waals surface area contributed by atoms with Crippen LogP contribution in [0.5, 0.6) is 0 Å². The molecule has 0 spiro atoms. The van der Waals surface area contributed by atoms with Gasteiger partial charge in [0.1, 0.15) is 0 Å². The quantitative estimate of drug-likeness (QED) is 0.656. The molecule has 2 aliphatic carbocycles. The Bertz CT molecular complexity index is 442. The van der Waals surface area contributed by atoms with Crippen LogP contribution >= 0.6 is 0 Å². The van der Waals surface area contributed by atoms with Crippen LogP contribution in [0, 0.1) is 17.8 Å². The third-order valence-corrected chi connectivity index (χ3v) is 4.96. The predicted octanol–water partition coefficient (Wildman–Crippen LogP) is 4.69. The van der Waals surface area contributed by atoms with Crippen molar-refractivity contribution in [2.75, 3.05) is 0 Å². The van der Waals surface area contributed by atoms with Gasteiger partial charge in [0, 0.05) is 18.3 Å². The van der Waals surface area contributed by atoms with E-state index in [1.54, 1.807) is 5.56 Å². The highest BCUT2D eigenvalue weighted by Crippen LogP contribution is 2.47. The fourth-order valence-corrected chi connectivity index (χ4v) is 3.94.